The molecule has 1 amide bonds. The lowest BCUT2D eigenvalue weighted by molar-refractivity contribution is -0.112. The molecule has 0 aliphatic rings. The molecule has 3 rings (SSSR count). The first kappa shape index (κ1) is 22.0. The third-order valence-corrected chi connectivity index (χ3v) is 5.12. The highest BCUT2D eigenvalue weighted by molar-refractivity contribution is 6.46. The van der Waals surface area contributed by atoms with Gasteiger partial charge >= 0.3 is 0 Å². The standard InChI is InChI=1S/C24H26N2O5/c1-15-8-9-17(11-16(15)2)14-26-10-6-7-19(26)22(27)24(28)25-18-12-20(29-3)23(31-5)21(13-18)30-4/h6-13H,14H2,1-5H3,(H,25,28). The summed E-state index contributed by atoms with van der Waals surface area (Å²) in [6.07, 6.45) is 1.79. The van der Waals surface area contributed by atoms with Crippen molar-refractivity contribution in [3.63, 3.8) is 0 Å². The zero-order valence-electron chi connectivity index (χ0n) is 18.3. The van der Waals surface area contributed by atoms with Crippen LogP contribution in [0.15, 0.2) is 48.7 Å². The van der Waals surface area contributed by atoms with Crippen molar-refractivity contribution in [3.8, 4) is 17.2 Å². The van der Waals surface area contributed by atoms with Gasteiger partial charge in [0.05, 0.1) is 27.0 Å². The third kappa shape index (κ3) is 4.71. The molecule has 3 aromatic rings. The summed E-state index contributed by atoms with van der Waals surface area (Å²) < 4.78 is 17.6. The second kappa shape index (κ2) is 9.38. The van der Waals surface area contributed by atoms with E-state index in [-0.39, 0.29) is 0 Å². The molecule has 0 saturated heterocycles. The highest BCUT2D eigenvalue weighted by Gasteiger charge is 2.22. The lowest BCUT2D eigenvalue weighted by Gasteiger charge is -2.14. The van der Waals surface area contributed by atoms with Crippen molar-refractivity contribution in [2.24, 2.45) is 0 Å². The molecule has 0 unspecified atom stereocenters. The Morgan fingerprint density at radius 1 is 0.903 bits per heavy atom. The lowest BCUT2D eigenvalue weighted by atomic mass is 10.1. The number of methoxy groups -OCH3 is 3. The Morgan fingerprint density at radius 2 is 1.58 bits per heavy atom. The van der Waals surface area contributed by atoms with Crippen LogP contribution in [0.3, 0.4) is 0 Å². The Morgan fingerprint density at radius 3 is 2.16 bits per heavy atom. The minimum absolute atomic E-state index is 0.308. The number of nitrogens with zero attached hydrogens (tertiary/aromatic N) is 1. The number of anilines is 1. The first-order valence-electron chi connectivity index (χ1n) is 9.75. The number of hydrogen-bond donors (Lipinski definition) is 1. The number of amides is 1. The fourth-order valence-electron chi connectivity index (χ4n) is 3.31. The number of aromatic nitrogens is 1. The van der Waals surface area contributed by atoms with Gasteiger partial charge in [-0.1, -0.05) is 18.2 Å². The molecule has 1 aromatic heterocycles. The minimum Gasteiger partial charge on any atom is -0.493 e. The summed E-state index contributed by atoms with van der Waals surface area (Å²) in [7, 11) is 4.45. The van der Waals surface area contributed by atoms with Crippen LogP contribution in [0.1, 0.15) is 27.2 Å². The number of carbonyl (C=O) groups excluding carboxylic acids is 2. The van der Waals surface area contributed by atoms with E-state index in [4.69, 9.17) is 14.2 Å². The molecule has 1 N–H and O–H groups in total. The Kier molecular flexibility index (Phi) is 6.65. The van der Waals surface area contributed by atoms with Crippen molar-refractivity contribution in [3.05, 3.63) is 71.0 Å². The number of hydrogen-bond acceptors (Lipinski definition) is 5. The highest BCUT2D eigenvalue weighted by atomic mass is 16.5. The van der Waals surface area contributed by atoms with Crippen LogP contribution in [-0.4, -0.2) is 37.6 Å². The van der Waals surface area contributed by atoms with Crippen molar-refractivity contribution in [1.29, 1.82) is 0 Å². The number of benzene rings is 2. The summed E-state index contributed by atoms with van der Waals surface area (Å²) in [4.78, 5) is 25.5. The van der Waals surface area contributed by atoms with Crippen LogP contribution in [-0.2, 0) is 11.3 Å². The predicted molar refractivity (Wildman–Crippen MR) is 119 cm³/mol. The van der Waals surface area contributed by atoms with E-state index in [0.29, 0.717) is 35.2 Å². The predicted octanol–water partition coefficient (Wildman–Crippen LogP) is 4.00. The minimum atomic E-state index is -0.755. The van der Waals surface area contributed by atoms with Crippen LogP contribution in [0.2, 0.25) is 0 Å². The van der Waals surface area contributed by atoms with Gasteiger partial charge < -0.3 is 24.1 Å². The number of aryl methyl sites for hydroxylation is 2. The molecule has 7 heteroatoms. The summed E-state index contributed by atoms with van der Waals surface area (Å²) in [5, 5.41) is 2.62. The monoisotopic (exact) mass is 422 g/mol. The van der Waals surface area contributed by atoms with E-state index in [1.165, 1.54) is 32.5 Å². The van der Waals surface area contributed by atoms with Gasteiger partial charge in [-0.05, 0) is 42.7 Å². The van der Waals surface area contributed by atoms with E-state index in [0.717, 1.165) is 5.56 Å². The maximum Gasteiger partial charge on any atom is 0.298 e. The average molecular weight is 422 g/mol. The normalized spacial score (nSPS) is 10.5. The van der Waals surface area contributed by atoms with Crippen LogP contribution in [0, 0.1) is 13.8 Å². The number of carbonyl (C=O) groups is 2. The first-order valence-corrected chi connectivity index (χ1v) is 9.75. The van der Waals surface area contributed by atoms with Gasteiger partial charge in [0.2, 0.25) is 5.75 Å². The fraction of sp³-hybridized carbons (Fsp3) is 0.250. The number of rotatable bonds is 8. The quantitative estimate of drug-likeness (QED) is 0.439. The molecule has 0 radical (unpaired) electrons. The van der Waals surface area contributed by atoms with Crippen molar-refractivity contribution in [1.82, 2.24) is 4.57 Å². The summed E-state index contributed by atoms with van der Waals surface area (Å²) in [6, 6.07) is 12.7. The van der Waals surface area contributed by atoms with Crippen LogP contribution < -0.4 is 19.5 Å². The van der Waals surface area contributed by atoms with E-state index in [1.54, 1.807) is 35.0 Å². The Hall–Kier alpha value is -3.74. The smallest absolute Gasteiger partial charge is 0.298 e. The molecule has 0 spiro atoms. The maximum absolute atomic E-state index is 12.9. The van der Waals surface area contributed by atoms with Crippen molar-refractivity contribution < 1.29 is 23.8 Å². The Labute approximate surface area is 181 Å². The largest absolute Gasteiger partial charge is 0.493 e. The molecule has 31 heavy (non-hydrogen) atoms. The summed E-state index contributed by atoms with van der Waals surface area (Å²) in [5.74, 6) is -0.237. The van der Waals surface area contributed by atoms with Gasteiger partial charge in [-0.15, -0.1) is 0 Å². The Balaban J connectivity index is 1.81. The first-order chi connectivity index (χ1) is 14.9. The van der Waals surface area contributed by atoms with Gasteiger partial charge in [0.15, 0.2) is 11.5 Å². The van der Waals surface area contributed by atoms with Crippen LogP contribution in [0.5, 0.6) is 17.2 Å². The van der Waals surface area contributed by atoms with Crippen molar-refractivity contribution in [2.75, 3.05) is 26.6 Å². The lowest BCUT2D eigenvalue weighted by Crippen LogP contribution is -2.25. The molecule has 0 bridgehead atoms. The van der Waals surface area contributed by atoms with Gasteiger partial charge in [0, 0.05) is 30.6 Å². The van der Waals surface area contributed by atoms with E-state index in [9.17, 15) is 9.59 Å². The number of Topliss-reactive ketones (excluding diaryl/α,β-unsaturated/α-hetero) is 1. The molecule has 2 aromatic carbocycles. The molecule has 7 nitrogen and oxygen atoms in total. The van der Waals surface area contributed by atoms with Gasteiger partial charge in [0.1, 0.15) is 0 Å². The topological polar surface area (TPSA) is 78.8 Å². The van der Waals surface area contributed by atoms with Crippen LogP contribution in [0.4, 0.5) is 5.69 Å². The van der Waals surface area contributed by atoms with Gasteiger partial charge in [-0.3, -0.25) is 9.59 Å². The van der Waals surface area contributed by atoms with E-state index in [1.807, 2.05) is 19.1 Å². The molecular weight excluding hydrogens is 396 g/mol. The average Bonchev–Trinajstić information content (AvgIpc) is 3.22. The fourth-order valence-corrected chi connectivity index (χ4v) is 3.31. The third-order valence-electron chi connectivity index (χ3n) is 5.12. The number of ketones is 1. The SMILES string of the molecule is COc1cc(NC(=O)C(=O)c2cccn2Cc2ccc(C)c(C)c2)cc(OC)c1OC. The summed E-state index contributed by atoms with van der Waals surface area (Å²) >= 11 is 0. The molecule has 0 aliphatic heterocycles. The molecule has 1 heterocycles. The summed E-state index contributed by atoms with van der Waals surface area (Å²) in [6.45, 7) is 4.59. The maximum atomic E-state index is 12.9. The van der Waals surface area contributed by atoms with Gasteiger partial charge in [0.25, 0.3) is 11.7 Å². The molecule has 0 atom stereocenters. The zero-order valence-corrected chi connectivity index (χ0v) is 18.3. The van der Waals surface area contributed by atoms with Crippen LogP contribution in [0.25, 0.3) is 0 Å². The highest BCUT2D eigenvalue weighted by Crippen LogP contribution is 2.39. The molecule has 0 aliphatic carbocycles. The molecule has 0 fully saturated rings. The molecule has 0 saturated carbocycles. The van der Waals surface area contributed by atoms with Crippen molar-refractivity contribution >= 4 is 17.4 Å². The Bertz CT molecular complexity index is 1090. The van der Waals surface area contributed by atoms with Gasteiger partial charge in [-0.2, -0.15) is 0 Å². The van der Waals surface area contributed by atoms with Crippen LogP contribution >= 0.6 is 0 Å². The number of ether oxygens (including phenoxy) is 3. The van der Waals surface area contributed by atoms with E-state index in [2.05, 4.69) is 18.3 Å². The van der Waals surface area contributed by atoms with Gasteiger partial charge in [-0.25, -0.2) is 0 Å². The van der Waals surface area contributed by atoms with E-state index >= 15 is 0 Å². The second-order valence-electron chi connectivity index (χ2n) is 7.14. The molecule has 162 valence electrons. The summed E-state index contributed by atoms with van der Waals surface area (Å²) in [5.41, 5.74) is 4.11. The van der Waals surface area contributed by atoms with E-state index < -0.39 is 11.7 Å². The van der Waals surface area contributed by atoms with Crippen molar-refractivity contribution in [2.45, 2.75) is 20.4 Å². The number of nitrogens with one attached hydrogen (secondary N) is 1. The second-order valence-corrected chi connectivity index (χ2v) is 7.14. The molecular formula is C24H26N2O5. The zero-order chi connectivity index (χ0) is 22.5.